The molecule has 1 N–H and O–H groups in total. The van der Waals surface area contributed by atoms with Crippen molar-refractivity contribution in [1.29, 1.82) is 0 Å². The molecule has 2 amide bonds. The number of benzene rings is 1. The van der Waals surface area contributed by atoms with E-state index in [2.05, 4.69) is 27.1 Å². The highest BCUT2D eigenvalue weighted by Gasteiger charge is 2.35. The average Bonchev–Trinajstić information content (AvgIpc) is 3.13. The minimum atomic E-state index is -0.387. The monoisotopic (exact) mass is 407 g/mol. The fraction of sp³-hybridized carbons (Fsp3) is 0.478. The topological polar surface area (TPSA) is 78.4 Å². The number of amides is 2. The Kier molecular flexibility index (Phi) is 5.70. The molecule has 2 fully saturated rings. The number of carbonyl (C=O) groups excluding carboxylic acids is 2. The third-order valence-corrected chi connectivity index (χ3v) is 6.27. The van der Waals surface area contributed by atoms with Crippen molar-refractivity contribution in [2.45, 2.75) is 40.0 Å². The first-order valence-electron chi connectivity index (χ1n) is 10.7. The van der Waals surface area contributed by atoms with Crippen LogP contribution in [0.4, 0.5) is 17.3 Å². The Morgan fingerprint density at radius 2 is 1.80 bits per heavy atom. The fourth-order valence-electron chi connectivity index (χ4n) is 4.03. The molecule has 0 spiro atoms. The number of carbonyl (C=O) groups is 2. The van der Waals surface area contributed by atoms with E-state index in [1.54, 1.807) is 17.3 Å². The lowest BCUT2D eigenvalue weighted by atomic mass is 10.00. The van der Waals surface area contributed by atoms with Crippen LogP contribution in [0.15, 0.2) is 30.6 Å². The molecule has 0 saturated carbocycles. The van der Waals surface area contributed by atoms with Gasteiger partial charge >= 0.3 is 0 Å². The van der Waals surface area contributed by atoms with Gasteiger partial charge in [-0.1, -0.05) is 13.0 Å². The molecule has 2 saturated heterocycles. The second-order valence-corrected chi connectivity index (χ2v) is 8.60. The number of piperidine rings is 1. The minimum absolute atomic E-state index is 0.0238. The summed E-state index contributed by atoms with van der Waals surface area (Å²) in [7, 11) is 0. The Labute approximate surface area is 177 Å². The number of hydrogen-bond donors (Lipinski definition) is 1. The summed E-state index contributed by atoms with van der Waals surface area (Å²) < 4.78 is 0. The molecular weight excluding hydrogens is 378 g/mol. The molecule has 0 aliphatic carbocycles. The van der Waals surface area contributed by atoms with Crippen LogP contribution in [0.5, 0.6) is 0 Å². The van der Waals surface area contributed by atoms with Crippen molar-refractivity contribution in [3.05, 3.63) is 41.7 Å². The first-order valence-corrected chi connectivity index (χ1v) is 10.7. The average molecular weight is 408 g/mol. The van der Waals surface area contributed by atoms with Crippen molar-refractivity contribution in [2.24, 2.45) is 11.8 Å². The third kappa shape index (κ3) is 4.30. The van der Waals surface area contributed by atoms with Gasteiger partial charge in [0.05, 0.1) is 24.0 Å². The minimum Gasteiger partial charge on any atom is -0.341 e. The molecule has 4 rings (SSSR count). The summed E-state index contributed by atoms with van der Waals surface area (Å²) in [6.07, 6.45) is 5.80. The number of aromatic nitrogens is 2. The van der Waals surface area contributed by atoms with Crippen molar-refractivity contribution in [3.8, 4) is 0 Å². The van der Waals surface area contributed by atoms with Gasteiger partial charge in [-0.2, -0.15) is 0 Å². The Morgan fingerprint density at radius 1 is 1.10 bits per heavy atom. The predicted octanol–water partition coefficient (Wildman–Crippen LogP) is 3.32. The van der Waals surface area contributed by atoms with Gasteiger partial charge < -0.3 is 15.1 Å². The lowest BCUT2D eigenvalue weighted by molar-refractivity contribution is -0.122. The second-order valence-electron chi connectivity index (χ2n) is 8.60. The Hall–Kier alpha value is -2.96. The predicted molar refractivity (Wildman–Crippen MR) is 118 cm³/mol. The zero-order chi connectivity index (χ0) is 21.3. The van der Waals surface area contributed by atoms with Crippen LogP contribution in [-0.4, -0.2) is 41.4 Å². The molecule has 1 aromatic heterocycles. The molecule has 7 heteroatoms. The Morgan fingerprint density at radius 3 is 2.47 bits per heavy atom. The molecule has 158 valence electrons. The van der Waals surface area contributed by atoms with Gasteiger partial charge in [-0.05, 0) is 55.9 Å². The van der Waals surface area contributed by atoms with E-state index < -0.39 is 0 Å². The van der Waals surface area contributed by atoms with Crippen LogP contribution in [0.3, 0.4) is 0 Å². The van der Waals surface area contributed by atoms with Gasteiger partial charge in [0, 0.05) is 31.7 Å². The van der Waals surface area contributed by atoms with Gasteiger partial charge in [0.25, 0.3) is 0 Å². The summed E-state index contributed by atoms with van der Waals surface area (Å²) in [5, 5.41) is 2.87. The van der Waals surface area contributed by atoms with Crippen LogP contribution in [-0.2, 0) is 9.59 Å². The van der Waals surface area contributed by atoms with Crippen LogP contribution >= 0.6 is 0 Å². The lowest BCUT2D eigenvalue weighted by Crippen LogP contribution is -2.34. The number of nitrogens with one attached hydrogen (secondary N) is 1. The van der Waals surface area contributed by atoms with E-state index in [4.69, 9.17) is 0 Å². The van der Waals surface area contributed by atoms with Crippen LogP contribution < -0.4 is 15.1 Å². The van der Waals surface area contributed by atoms with Crippen molar-refractivity contribution >= 4 is 29.1 Å². The second kappa shape index (κ2) is 8.42. The van der Waals surface area contributed by atoms with Gasteiger partial charge in [-0.25, -0.2) is 9.97 Å². The molecule has 30 heavy (non-hydrogen) atoms. The summed E-state index contributed by atoms with van der Waals surface area (Å²) in [5.74, 6) is 0.874. The van der Waals surface area contributed by atoms with Crippen molar-refractivity contribution in [1.82, 2.24) is 9.97 Å². The Balaban J connectivity index is 1.37. The number of rotatable bonds is 4. The summed E-state index contributed by atoms with van der Waals surface area (Å²) >= 11 is 0. The molecule has 1 atom stereocenters. The molecule has 1 aromatic carbocycles. The number of hydrogen-bond acceptors (Lipinski definition) is 5. The zero-order valence-electron chi connectivity index (χ0n) is 17.9. The van der Waals surface area contributed by atoms with Crippen LogP contribution in [0.1, 0.15) is 37.3 Å². The van der Waals surface area contributed by atoms with E-state index in [1.807, 2.05) is 32.0 Å². The SMILES string of the molecule is Cc1ccc(N2CC(C(=O)Nc3cnc(N4CCC(C)CC4)nc3)CC2=O)cc1C. The van der Waals surface area contributed by atoms with Crippen LogP contribution in [0.25, 0.3) is 0 Å². The summed E-state index contributed by atoms with van der Waals surface area (Å²) in [5.41, 5.74) is 3.73. The highest BCUT2D eigenvalue weighted by atomic mass is 16.2. The summed E-state index contributed by atoms with van der Waals surface area (Å²) in [6.45, 7) is 8.65. The summed E-state index contributed by atoms with van der Waals surface area (Å²) in [4.78, 5) is 38.0. The number of nitrogens with zero attached hydrogens (tertiary/aromatic N) is 4. The molecule has 1 unspecified atom stereocenters. The van der Waals surface area contributed by atoms with E-state index in [1.165, 1.54) is 5.56 Å². The van der Waals surface area contributed by atoms with Crippen molar-refractivity contribution in [2.75, 3.05) is 34.8 Å². The first-order chi connectivity index (χ1) is 14.4. The summed E-state index contributed by atoms with van der Waals surface area (Å²) in [6, 6.07) is 5.95. The van der Waals surface area contributed by atoms with Gasteiger partial charge in [0.15, 0.2) is 0 Å². The molecule has 0 radical (unpaired) electrons. The third-order valence-electron chi connectivity index (χ3n) is 6.27. The molecule has 2 aromatic rings. The van der Waals surface area contributed by atoms with Gasteiger partial charge in [0.1, 0.15) is 0 Å². The van der Waals surface area contributed by atoms with Gasteiger partial charge in [0.2, 0.25) is 17.8 Å². The standard InChI is InChI=1S/C23H29N5O2/c1-15-6-8-27(9-7-15)23-24-12-19(13-25-23)26-22(30)18-11-21(29)28(14-18)20-5-4-16(2)17(3)10-20/h4-5,10,12-13,15,18H,6-9,11,14H2,1-3H3,(H,26,30). The Bertz CT molecular complexity index is 935. The maximum atomic E-state index is 12.7. The van der Waals surface area contributed by atoms with Crippen molar-refractivity contribution in [3.63, 3.8) is 0 Å². The van der Waals surface area contributed by atoms with E-state index in [0.29, 0.717) is 18.2 Å². The van der Waals surface area contributed by atoms with Gasteiger partial charge in [-0.15, -0.1) is 0 Å². The zero-order valence-corrected chi connectivity index (χ0v) is 17.9. The highest BCUT2D eigenvalue weighted by Crippen LogP contribution is 2.28. The normalized spacial score (nSPS) is 20.0. The first kappa shape index (κ1) is 20.3. The van der Waals surface area contributed by atoms with Crippen LogP contribution in [0.2, 0.25) is 0 Å². The lowest BCUT2D eigenvalue weighted by Gasteiger charge is -2.30. The number of aryl methyl sites for hydroxylation is 2. The molecule has 7 nitrogen and oxygen atoms in total. The van der Waals surface area contributed by atoms with Crippen molar-refractivity contribution < 1.29 is 9.59 Å². The largest absolute Gasteiger partial charge is 0.341 e. The maximum Gasteiger partial charge on any atom is 0.229 e. The quantitative estimate of drug-likeness (QED) is 0.841. The molecule has 2 aliphatic heterocycles. The van der Waals surface area contributed by atoms with E-state index in [0.717, 1.165) is 43.1 Å². The van der Waals surface area contributed by atoms with E-state index in [-0.39, 0.29) is 24.2 Å². The van der Waals surface area contributed by atoms with E-state index >= 15 is 0 Å². The molecule has 2 aliphatic rings. The molecule has 3 heterocycles. The van der Waals surface area contributed by atoms with E-state index in [9.17, 15) is 9.59 Å². The number of anilines is 3. The molecule has 0 bridgehead atoms. The highest BCUT2D eigenvalue weighted by molar-refractivity contribution is 6.03. The fourth-order valence-corrected chi connectivity index (χ4v) is 4.03. The molecular formula is C23H29N5O2. The van der Waals surface area contributed by atoms with Gasteiger partial charge in [-0.3, -0.25) is 9.59 Å². The smallest absolute Gasteiger partial charge is 0.229 e. The van der Waals surface area contributed by atoms with Crippen LogP contribution in [0, 0.1) is 25.7 Å². The maximum absolute atomic E-state index is 12.7.